The van der Waals surface area contributed by atoms with Crippen molar-refractivity contribution in [3.05, 3.63) is 42.0 Å². The molecule has 0 aliphatic heterocycles. The van der Waals surface area contributed by atoms with Gasteiger partial charge < -0.3 is 4.74 Å². The van der Waals surface area contributed by atoms with Crippen molar-refractivity contribution in [1.29, 1.82) is 0 Å². The molecule has 0 aromatic heterocycles. The molecule has 0 saturated carbocycles. The molecule has 21 heavy (non-hydrogen) atoms. The van der Waals surface area contributed by atoms with Gasteiger partial charge in [0.2, 0.25) is 0 Å². The Morgan fingerprint density at radius 1 is 1.33 bits per heavy atom. The standard InChI is InChI=1S/C17H22N2O2/c1-13(2)21-16-10-8-15(9-11-16)17(20)19-18-12-14-6-4-3-5-7-14/h3-4,8-14H,5-7H2,1-2H3,(H,19,20)/b18-12-/t14-/m0/s1. The van der Waals surface area contributed by atoms with E-state index in [9.17, 15) is 4.79 Å². The molecule has 0 heterocycles. The zero-order valence-electron chi connectivity index (χ0n) is 12.6. The lowest BCUT2D eigenvalue weighted by Gasteiger charge is -2.12. The van der Waals surface area contributed by atoms with E-state index in [1.54, 1.807) is 24.3 Å². The van der Waals surface area contributed by atoms with E-state index in [2.05, 4.69) is 22.7 Å². The number of carbonyl (C=O) groups is 1. The van der Waals surface area contributed by atoms with Crippen LogP contribution in [0, 0.1) is 5.92 Å². The van der Waals surface area contributed by atoms with Gasteiger partial charge in [-0.25, -0.2) is 5.43 Å². The largest absolute Gasteiger partial charge is 0.491 e. The normalized spacial score (nSPS) is 18.1. The van der Waals surface area contributed by atoms with Crippen LogP contribution >= 0.6 is 0 Å². The Bertz CT molecular complexity index is 518. The maximum absolute atomic E-state index is 11.9. The van der Waals surface area contributed by atoms with Gasteiger partial charge in [0.05, 0.1) is 6.10 Å². The van der Waals surface area contributed by atoms with Crippen molar-refractivity contribution in [3.8, 4) is 5.75 Å². The van der Waals surface area contributed by atoms with Crippen LogP contribution in [0.1, 0.15) is 43.5 Å². The fourth-order valence-electron chi connectivity index (χ4n) is 2.18. The van der Waals surface area contributed by atoms with Crippen LogP contribution in [0.15, 0.2) is 41.5 Å². The van der Waals surface area contributed by atoms with Crippen LogP contribution < -0.4 is 10.2 Å². The van der Waals surface area contributed by atoms with Gasteiger partial charge in [-0.2, -0.15) is 5.10 Å². The highest BCUT2D eigenvalue weighted by Crippen LogP contribution is 2.16. The molecule has 0 bridgehead atoms. The molecule has 0 saturated heterocycles. The molecular formula is C17H22N2O2. The third-order valence-electron chi connectivity index (χ3n) is 3.25. The summed E-state index contributed by atoms with van der Waals surface area (Å²) in [5.41, 5.74) is 3.15. The first-order valence-electron chi connectivity index (χ1n) is 7.40. The highest BCUT2D eigenvalue weighted by molar-refractivity contribution is 5.94. The first-order chi connectivity index (χ1) is 10.1. The summed E-state index contributed by atoms with van der Waals surface area (Å²) in [6, 6.07) is 7.08. The number of hydrogen-bond donors (Lipinski definition) is 1. The predicted octanol–water partition coefficient (Wildman–Crippen LogP) is 3.55. The fraction of sp³-hybridized carbons (Fsp3) is 0.412. The van der Waals surface area contributed by atoms with E-state index in [0.29, 0.717) is 11.5 Å². The molecule has 1 aromatic rings. The Labute approximate surface area is 125 Å². The number of carbonyl (C=O) groups excluding carboxylic acids is 1. The minimum Gasteiger partial charge on any atom is -0.491 e. The first-order valence-corrected chi connectivity index (χ1v) is 7.40. The van der Waals surface area contributed by atoms with Gasteiger partial charge in [-0.1, -0.05) is 12.2 Å². The molecule has 0 fully saturated rings. The first kappa shape index (κ1) is 15.3. The highest BCUT2D eigenvalue weighted by atomic mass is 16.5. The Morgan fingerprint density at radius 3 is 2.71 bits per heavy atom. The zero-order valence-corrected chi connectivity index (χ0v) is 12.6. The number of allylic oxidation sites excluding steroid dienone is 2. The average molecular weight is 286 g/mol. The van der Waals surface area contributed by atoms with E-state index in [0.717, 1.165) is 25.0 Å². The van der Waals surface area contributed by atoms with Crippen molar-refractivity contribution in [1.82, 2.24) is 5.43 Å². The molecule has 1 N–H and O–H groups in total. The van der Waals surface area contributed by atoms with Gasteiger partial charge in [-0.05, 0) is 63.3 Å². The second kappa shape index (κ2) is 7.62. The Hall–Kier alpha value is -2.10. The van der Waals surface area contributed by atoms with E-state index in [-0.39, 0.29) is 12.0 Å². The van der Waals surface area contributed by atoms with Gasteiger partial charge in [0.15, 0.2) is 0 Å². The van der Waals surface area contributed by atoms with Gasteiger partial charge in [-0.3, -0.25) is 4.79 Å². The van der Waals surface area contributed by atoms with E-state index >= 15 is 0 Å². The molecule has 112 valence electrons. The lowest BCUT2D eigenvalue weighted by atomic mass is 9.96. The van der Waals surface area contributed by atoms with Crippen LogP contribution in [-0.4, -0.2) is 18.2 Å². The second-order valence-electron chi connectivity index (χ2n) is 5.45. The van der Waals surface area contributed by atoms with Crippen LogP contribution in [0.4, 0.5) is 0 Å². The van der Waals surface area contributed by atoms with Gasteiger partial charge in [-0.15, -0.1) is 0 Å². The summed E-state index contributed by atoms with van der Waals surface area (Å²) < 4.78 is 5.54. The number of ether oxygens (including phenoxy) is 1. The lowest BCUT2D eigenvalue weighted by molar-refractivity contribution is 0.0955. The summed E-state index contributed by atoms with van der Waals surface area (Å²) in [6.07, 6.45) is 9.48. The maximum Gasteiger partial charge on any atom is 0.271 e. The number of amides is 1. The molecule has 4 nitrogen and oxygen atoms in total. The quantitative estimate of drug-likeness (QED) is 0.511. The number of hydrogen-bond acceptors (Lipinski definition) is 3. The van der Waals surface area contributed by atoms with Crippen molar-refractivity contribution in [3.63, 3.8) is 0 Å². The molecule has 1 atom stereocenters. The molecule has 0 radical (unpaired) electrons. The third-order valence-corrected chi connectivity index (χ3v) is 3.25. The third kappa shape index (κ3) is 5.06. The molecular weight excluding hydrogens is 264 g/mol. The zero-order chi connectivity index (χ0) is 15.1. The van der Waals surface area contributed by atoms with Crippen LogP contribution in [0.25, 0.3) is 0 Å². The van der Waals surface area contributed by atoms with E-state index < -0.39 is 0 Å². The van der Waals surface area contributed by atoms with Crippen LogP contribution in [-0.2, 0) is 0 Å². The smallest absolute Gasteiger partial charge is 0.271 e. The summed E-state index contributed by atoms with van der Waals surface area (Å²) in [5, 5.41) is 4.05. The molecule has 1 amide bonds. The van der Waals surface area contributed by atoms with E-state index in [4.69, 9.17) is 4.74 Å². The summed E-state index contributed by atoms with van der Waals surface area (Å²) in [7, 11) is 0. The topological polar surface area (TPSA) is 50.7 Å². The molecule has 0 unspecified atom stereocenters. The SMILES string of the molecule is CC(C)Oc1ccc(C(=O)N/N=C\[C@H]2CC=CCC2)cc1. The number of rotatable bonds is 5. The van der Waals surface area contributed by atoms with Crippen molar-refractivity contribution < 1.29 is 9.53 Å². The van der Waals surface area contributed by atoms with Gasteiger partial charge in [0.25, 0.3) is 5.91 Å². The summed E-state index contributed by atoms with van der Waals surface area (Å²) in [4.78, 5) is 11.9. The van der Waals surface area contributed by atoms with Gasteiger partial charge >= 0.3 is 0 Å². The minimum absolute atomic E-state index is 0.124. The van der Waals surface area contributed by atoms with Crippen LogP contribution in [0.3, 0.4) is 0 Å². The predicted molar refractivity (Wildman–Crippen MR) is 84.6 cm³/mol. The summed E-state index contributed by atoms with van der Waals surface area (Å²) >= 11 is 0. The minimum atomic E-state index is -0.200. The Morgan fingerprint density at radius 2 is 2.10 bits per heavy atom. The van der Waals surface area contributed by atoms with Crippen LogP contribution in [0.5, 0.6) is 5.75 Å². The number of benzene rings is 1. The van der Waals surface area contributed by atoms with Crippen molar-refractivity contribution in [2.45, 2.75) is 39.2 Å². The lowest BCUT2D eigenvalue weighted by Crippen LogP contribution is -2.18. The molecule has 1 aromatic carbocycles. The van der Waals surface area contributed by atoms with E-state index in [1.807, 2.05) is 20.1 Å². The Balaban J connectivity index is 1.85. The van der Waals surface area contributed by atoms with Gasteiger partial charge in [0.1, 0.15) is 5.75 Å². The Kier molecular flexibility index (Phi) is 5.55. The maximum atomic E-state index is 11.9. The molecule has 1 aliphatic carbocycles. The highest BCUT2D eigenvalue weighted by Gasteiger charge is 2.08. The van der Waals surface area contributed by atoms with Crippen molar-refractivity contribution in [2.75, 3.05) is 0 Å². The molecule has 0 spiro atoms. The number of hydrazone groups is 1. The fourth-order valence-corrected chi connectivity index (χ4v) is 2.18. The van der Waals surface area contributed by atoms with Crippen molar-refractivity contribution >= 4 is 12.1 Å². The number of nitrogens with zero attached hydrogens (tertiary/aromatic N) is 1. The molecule has 2 rings (SSSR count). The molecule has 4 heteroatoms. The van der Waals surface area contributed by atoms with E-state index in [1.165, 1.54) is 0 Å². The van der Waals surface area contributed by atoms with Crippen LogP contribution in [0.2, 0.25) is 0 Å². The second-order valence-corrected chi connectivity index (χ2v) is 5.45. The summed E-state index contributed by atoms with van der Waals surface area (Å²) in [6.45, 7) is 3.94. The molecule has 1 aliphatic rings. The number of nitrogens with one attached hydrogen (secondary N) is 1. The van der Waals surface area contributed by atoms with Gasteiger partial charge in [0, 0.05) is 11.8 Å². The van der Waals surface area contributed by atoms with Crippen molar-refractivity contribution in [2.24, 2.45) is 11.0 Å². The monoisotopic (exact) mass is 286 g/mol. The summed E-state index contributed by atoms with van der Waals surface area (Å²) in [5.74, 6) is 0.991. The average Bonchev–Trinajstić information content (AvgIpc) is 2.48.